The van der Waals surface area contributed by atoms with Crippen LogP contribution in [0.4, 0.5) is 0 Å². The summed E-state index contributed by atoms with van der Waals surface area (Å²) in [5, 5.41) is 0. The number of nitrogens with two attached hydrogens (primary N) is 1. The summed E-state index contributed by atoms with van der Waals surface area (Å²) >= 11 is 0. The maximum atomic E-state index is 5.95. The third kappa shape index (κ3) is 38.1. The summed E-state index contributed by atoms with van der Waals surface area (Å²) in [4.78, 5) is 0. The predicted molar refractivity (Wildman–Crippen MR) is 96.9 cm³/mol. The Balaban J connectivity index is -0.0000000607. The highest BCUT2D eigenvalue weighted by Gasteiger charge is 2.11. The van der Waals surface area contributed by atoms with E-state index in [0.717, 1.165) is 5.92 Å². The van der Waals surface area contributed by atoms with E-state index in [9.17, 15) is 0 Å². The number of hydrogen-bond acceptors (Lipinski definition) is 1. The molecule has 122 valence electrons. The van der Waals surface area contributed by atoms with Gasteiger partial charge in [-0.15, -0.1) is 13.2 Å². The lowest BCUT2D eigenvalue weighted by Gasteiger charge is -2.19. The average molecular weight is 276 g/mol. The fourth-order valence-electron chi connectivity index (χ4n) is 1.46. The van der Waals surface area contributed by atoms with Crippen molar-refractivity contribution < 1.29 is 0 Å². The molecule has 1 atom stereocenters. The van der Waals surface area contributed by atoms with Gasteiger partial charge in [0.05, 0.1) is 0 Å². The van der Waals surface area contributed by atoms with Gasteiger partial charge in [-0.2, -0.15) is 0 Å². The normalized spacial score (nSPS) is 9.21. The van der Waals surface area contributed by atoms with Crippen LogP contribution in [0.5, 0.6) is 0 Å². The molecule has 0 rings (SSSR count). The fourth-order valence-corrected chi connectivity index (χ4v) is 1.46. The molecule has 1 nitrogen and oxygen atoms in total. The van der Waals surface area contributed by atoms with E-state index in [1.165, 1.54) is 32.1 Å². The summed E-state index contributed by atoms with van der Waals surface area (Å²) in [5.41, 5.74) is 5.95. The van der Waals surface area contributed by atoms with E-state index in [4.69, 9.17) is 5.73 Å². The van der Waals surface area contributed by atoms with Gasteiger partial charge >= 0.3 is 0 Å². The summed E-state index contributed by atoms with van der Waals surface area (Å²) in [5.74, 6) is 0.750. The minimum atomic E-state index is 0.444. The zero-order chi connectivity index (χ0) is 16.7. The van der Waals surface area contributed by atoms with Crippen LogP contribution < -0.4 is 5.73 Å². The van der Waals surface area contributed by atoms with Crippen molar-refractivity contribution in [1.29, 1.82) is 0 Å². The molecule has 0 bridgehead atoms. The maximum absolute atomic E-state index is 5.95. The van der Waals surface area contributed by atoms with Crippen molar-refractivity contribution in [3.63, 3.8) is 0 Å². The first-order valence-electron chi connectivity index (χ1n) is 8.43. The highest BCUT2D eigenvalue weighted by atomic mass is 14.6. The molecule has 2 N–H and O–H groups in total. The SMILES string of the molecule is C=C.CC.CC.CCC.CCCC(N)C(CC)CC. The molecule has 1 unspecified atom stereocenters. The Kier molecular flexibility index (Phi) is 70.8. The van der Waals surface area contributed by atoms with Crippen LogP contribution in [0.3, 0.4) is 0 Å². The second kappa shape index (κ2) is 43.1. The van der Waals surface area contributed by atoms with E-state index in [0.29, 0.717) is 6.04 Å². The molecule has 0 saturated heterocycles. The summed E-state index contributed by atoms with van der Waals surface area (Å²) in [7, 11) is 0. The Labute approximate surface area is 126 Å². The Hall–Kier alpha value is -0.300. The Morgan fingerprint density at radius 1 is 0.789 bits per heavy atom. The topological polar surface area (TPSA) is 26.0 Å². The molecule has 0 radical (unpaired) electrons. The predicted octanol–water partition coefficient (Wildman–Crippen LogP) is 6.82. The summed E-state index contributed by atoms with van der Waals surface area (Å²) in [6.07, 6.45) is 6.12. The van der Waals surface area contributed by atoms with Gasteiger partial charge in [-0.3, -0.25) is 0 Å². The first kappa shape index (κ1) is 31.2. The number of rotatable bonds is 5. The molecule has 0 saturated carbocycles. The lowest BCUT2D eigenvalue weighted by atomic mass is 9.92. The van der Waals surface area contributed by atoms with E-state index >= 15 is 0 Å². The average Bonchev–Trinajstić information content (AvgIpc) is 2.48. The van der Waals surface area contributed by atoms with Gasteiger partial charge in [-0.1, -0.05) is 88.0 Å². The van der Waals surface area contributed by atoms with Crippen molar-refractivity contribution in [1.82, 2.24) is 0 Å². The van der Waals surface area contributed by atoms with E-state index in [2.05, 4.69) is 47.8 Å². The van der Waals surface area contributed by atoms with Crippen molar-refractivity contribution in [2.24, 2.45) is 11.7 Å². The second-order valence-corrected chi connectivity index (χ2v) is 3.74. The van der Waals surface area contributed by atoms with Crippen molar-refractivity contribution >= 4 is 0 Å². The van der Waals surface area contributed by atoms with Gasteiger partial charge in [-0.05, 0) is 12.3 Å². The lowest BCUT2D eigenvalue weighted by Crippen LogP contribution is -2.28. The molecular formula is C18H45N. The van der Waals surface area contributed by atoms with Gasteiger partial charge in [0, 0.05) is 6.04 Å². The minimum Gasteiger partial charge on any atom is -0.327 e. The molecule has 0 aliphatic heterocycles. The van der Waals surface area contributed by atoms with Crippen molar-refractivity contribution in [3.8, 4) is 0 Å². The molecule has 0 aromatic carbocycles. The molecule has 0 fully saturated rings. The molecule has 0 aliphatic rings. The Bertz CT molecular complexity index is 87.7. The van der Waals surface area contributed by atoms with E-state index in [-0.39, 0.29) is 0 Å². The van der Waals surface area contributed by atoms with E-state index < -0.39 is 0 Å². The van der Waals surface area contributed by atoms with E-state index in [1.807, 2.05) is 27.7 Å². The van der Waals surface area contributed by atoms with Crippen LogP contribution in [-0.2, 0) is 0 Å². The van der Waals surface area contributed by atoms with Crippen LogP contribution in [0, 0.1) is 5.92 Å². The smallest absolute Gasteiger partial charge is 0.00668 e. The molecular weight excluding hydrogens is 230 g/mol. The maximum Gasteiger partial charge on any atom is 0.00668 e. The van der Waals surface area contributed by atoms with Crippen molar-refractivity contribution in [2.75, 3.05) is 0 Å². The molecule has 1 heteroatoms. The Morgan fingerprint density at radius 3 is 1.21 bits per heavy atom. The van der Waals surface area contributed by atoms with Crippen molar-refractivity contribution in [2.45, 2.75) is 100 Å². The van der Waals surface area contributed by atoms with Gasteiger partial charge in [0.1, 0.15) is 0 Å². The molecule has 19 heavy (non-hydrogen) atoms. The van der Waals surface area contributed by atoms with Crippen LogP contribution in [0.2, 0.25) is 0 Å². The highest BCUT2D eigenvalue weighted by molar-refractivity contribution is 4.69. The van der Waals surface area contributed by atoms with Gasteiger partial charge in [0.25, 0.3) is 0 Å². The third-order valence-electron chi connectivity index (χ3n) is 2.28. The fraction of sp³-hybridized carbons (Fsp3) is 0.889. The minimum absolute atomic E-state index is 0.444. The van der Waals surface area contributed by atoms with Crippen LogP contribution >= 0.6 is 0 Å². The number of hydrogen-bond donors (Lipinski definition) is 1. The summed E-state index contributed by atoms with van der Waals surface area (Å²) in [6, 6.07) is 0.444. The monoisotopic (exact) mass is 275 g/mol. The van der Waals surface area contributed by atoms with Crippen molar-refractivity contribution in [3.05, 3.63) is 13.2 Å². The zero-order valence-corrected chi connectivity index (χ0v) is 15.7. The standard InChI is InChI=1S/C9H21N.C3H8.2C2H6.C2H4/c1-4-7-9(10)8(5-2)6-3;1-3-2;3*1-2/h8-9H,4-7,10H2,1-3H3;3H2,1-2H3;2*1-2H3;1-2H2. The highest BCUT2D eigenvalue weighted by Crippen LogP contribution is 2.14. The summed E-state index contributed by atoms with van der Waals surface area (Å²) < 4.78 is 0. The van der Waals surface area contributed by atoms with Crippen LogP contribution in [0.25, 0.3) is 0 Å². The zero-order valence-electron chi connectivity index (χ0n) is 15.7. The first-order valence-corrected chi connectivity index (χ1v) is 8.43. The molecule has 0 aliphatic carbocycles. The van der Waals surface area contributed by atoms with Gasteiger partial charge < -0.3 is 5.73 Å². The molecule has 0 amide bonds. The lowest BCUT2D eigenvalue weighted by molar-refractivity contribution is 0.375. The van der Waals surface area contributed by atoms with E-state index in [1.54, 1.807) is 0 Å². The van der Waals surface area contributed by atoms with Crippen LogP contribution in [-0.4, -0.2) is 6.04 Å². The molecule has 0 aromatic heterocycles. The van der Waals surface area contributed by atoms with Crippen LogP contribution in [0.15, 0.2) is 13.2 Å². The third-order valence-corrected chi connectivity index (χ3v) is 2.28. The van der Waals surface area contributed by atoms with Gasteiger partial charge in [-0.25, -0.2) is 0 Å². The van der Waals surface area contributed by atoms with Gasteiger partial charge in [0.15, 0.2) is 0 Å². The summed E-state index contributed by atoms with van der Waals surface area (Å²) in [6.45, 7) is 24.9. The largest absolute Gasteiger partial charge is 0.327 e. The first-order chi connectivity index (χ1) is 9.17. The Morgan fingerprint density at radius 2 is 1.05 bits per heavy atom. The quantitative estimate of drug-likeness (QED) is 0.547. The van der Waals surface area contributed by atoms with Crippen LogP contribution in [0.1, 0.15) is 94.4 Å². The second-order valence-electron chi connectivity index (χ2n) is 3.74. The van der Waals surface area contributed by atoms with Gasteiger partial charge in [0.2, 0.25) is 0 Å². The molecule has 0 aromatic rings. The molecule has 0 spiro atoms. The molecule has 0 heterocycles.